The van der Waals surface area contributed by atoms with Crippen molar-refractivity contribution in [1.82, 2.24) is 4.98 Å². The van der Waals surface area contributed by atoms with Crippen molar-refractivity contribution in [2.75, 3.05) is 18.1 Å². The Bertz CT molecular complexity index is 531. The van der Waals surface area contributed by atoms with Gasteiger partial charge in [0, 0.05) is 16.8 Å². The van der Waals surface area contributed by atoms with Crippen LogP contribution in [0.15, 0.2) is 34.0 Å². The summed E-state index contributed by atoms with van der Waals surface area (Å²) in [6.07, 6.45) is -0.547. The van der Waals surface area contributed by atoms with Crippen LogP contribution in [0, 0.1) is 6.92 Å². The van der Waals surface area contributed by atoms with Gasteiger partial charge in [-0.2, -0.15) is 0 Å². The highest BCUT2D eigenvalue weighted by Gasteiger charge is 2.09. The molecule has 0 amide bonds. The number of aliphatic hydroxyl groups is 1. The van der Waals surface area contributed by atoms with Crippen LogP contribution < -0.4 is 10.5 Å². The molecule has 1 aromatic carbocycles. The van der Waals surface area contributed by atoms with E-state index in [1.807, 2.05) is 24.4 Å². The lowest BCUT2D eigenvalue weighted by atomic mass is 10.3. The van der Waals surface area contributed by atoms with E-state index in [9.17, 15) is 5.11 Å². The molecule has 1 heterocycles. The molecule has 1 atom stereocenters. The van der Waals surface area contributed by atoms with Crippen LogP contribution >= 0.6 is 23.1 Å². The predicted octanol–water partition coefficient (Wildman–Crippen LogP) is 2.57. The highest BCUT2D eigenvalue weighted by Crippen LogP contribution is 2.24. The second-order valence-corrected chi connectivity index (χ2v) is 6.19. The third kappa shape index (κ3) is 4.41. The lowest BCUT2D eigenvalue weighted by molar-refractivity contribution is 0.127. The Kier molecular flexibility index (Phi) is 5.07. The topological polar surface area (TPSA) is 68.4 Å². The molecule has 0 fully saturated rings. The third-order valence-corrected chi connectivity index (χ3v) is 4.63. The molecule has 2 aromatic rings. The third-order valence-electron chi connectivity index (χ3n) is 2.35. The van der Waals surface area contributed by atoms with E-state index < -0.39 is 6.10 Å². The molecule has 0 aliphatic carbocycles. The number of thiazole rings is 1. The Morgan fingerprint density at radius 1 is 1.47 bits per heavy atom. The van der Waals surface area contributed by atoms with Gasteiger partial charge in [-0.05, 0) is 19.1 Å². The molecule has 0 radical (unpaired) electrons. The number of aliphatic hydroxyl groups excluding tert-OH is 1. The van der Waals surface area contributed by atoms with E-state index in [0.29, 0.717) is 17.2 Å². The van der Waals surface area contributed by atoms with E-state index >= 15 is 0 Å². The molecule has 102 valence electrons. The Hall–Kier alpha value is -1.24. The summed E-state index contributed by atoms with van der Waals surface area (Å²) >= 11 is 3.12. The number of aromatic nitrogens is 1. The lowest BCUT2D eigenvalue weighted by Gasteiger charge is -2.12. The number of nitrogens with zero attached hydrogens (tertiary/aromatic N) is 1. The molecule has 0 aliphatic rings. The van der Waals surface area contributed by atoms with E-state index in [2.05, 4.69) is 4.98 Å². The summed E-state index contributed by atoms with van der Waals surface area (Å²) < 4.78 is 6.46. The number of thioether (sulfide) groups is 1. The molecule has 0 saturated heterocycles. The number of hydrogen-bond acceptors (Lipinski definition) is 6. The van der Waals surface area contributed by atoms with Gasteiger partial charge in [0.15, 0.2) is 0 Å². The summed E-state index contributed by atoms with van der Waals surface area (Å²) in [5, 5.41) is 11.9. The van der Waals surface area contributed by atoms with E-state index in [1.165, 1.54) is 11.8 Å². The molecule has 0 aliphatic heterocycles. The van der Waals surface area contributed by atoms with Gasteiger partial charge in [0.05, 0.1) is 11.8 Å². The van der Waals surface area contributed by atoms with Crippen molar-refractivity contribution < 1.29 is 9.84 Å². The van der Waals surface area contributed by atoms with E-state index in [0.717, 1.165) is 10.0 Å². The van der Waals surface area contributed by atoms with Crippen molar-refractivity contribution >= 4 is 28.8 Å². The number of para-hydroxylation sites is 2. The van der Waals surface area contributed by atoms with Crippen LogP contribution in [0.1, 0.15) is 5.69 Å². The van der Waals surface area contributed by atoms with Crippen LogP contribution in [0.3, 0.4) is 0 Å². The Balaban J connectivity index is 1.76. The minimum atomic E-state index is -0.547. The van der Waals surface area contributed by atoms with Crippen molar-refractivity contribution in [3.8, 4) is 5.75 Å². The maximum absolute atomic E-state index is 9.86. The second-order valence-electron chi connectivity index (χ2n) is 4.07. The number of ether oxygens (including phenoxy) is 1. The van der Waals surface area contributed by atoms with Gasteiger partial charge in [-0.3, -0.25) is 0 Å². The van der Waals surface area contributed by atoms with E-state index in [4.69, 9.17) is 10.5 Å². The standard InChI is InChI=1S/C13H16N2O2S2/c1-9-7-18-13(15-9)19-8-10(16)6-17-12-5-3-2-4-11(12)14/h2-5,7,10,16H,6,8,14H2,1H3. The van der Waals surface area contributed by atoms with Gasteiger partial charge in [-0.15, -0.1) is 11.3 Å². The molecule has 0 saturated carbocycles. The van der Waals surface area contributed by atoms with Crippen LogP contribution in [-0.2, 0) is 0 Å². The second kappa shape index (κ2) is 6.79. The first kappa shape index (κ1) is 14.2. The van der Waals surface area contributed by atoms with Gasteiger partial charge in [-0.25, -0.2) is 4.98 Å². The molecule has 19 heavy (non-hydrogen) atoms. The van der Waals surface area contributed by atoms with Crippen molar-refractivity contribution in [1.29, 1.82) is 0 Å². The molecule has 1 aromatic heterocycles. The van der Waals surface area contributed by atoms with E-state index in [-0.39, 0.29) is 6.61 Å². The van der Waals surface area contributed by atoms with E-state index in [1.54, 1.807) is 23.5 Å². The normalized spacial score (nSPS) is 12.3. The van der Waals surface area contributed by atoms with Crippen LogP contribution in [0.5, 0.6) is 5.75 Å². The summed E-state index contributed by atoms with van der Waals surface area (Å²) in [6, 6.07) is 7.26. The number of rotatable bonds is 6. The number of nitrogens with two attached hydrogens (primary N) is 1. The maximum atomic E-state index is 9.86. The average molecular weight is 296 g/mol. The monoisotopic (exact) mass is 296 g/mol. The molecule has 1 unspecified atom stereocenters. The Morgan fingerprint density at radius 3 is 2.95 bits per heavy atom. The number of anilines is 1. The zero-order chi connectivity index (χ0) is 13.7. The Morgan fingerprint density at radius 2 is 2.26 bits per heavy atom. The summed E-state index contributed by atoms with van der Waals surface area (Å²) in [5.74, 6) is 1.16. The summed E-state index contributed by atoms with van der Waals surface area (Å²) in [7, 11) is 0. The van der Waals surface area contributed by atoms with Crippen LogP contribution in [0.4, 0.5) is 5.69 Å². The molecular formula is C13H16N2O2S2. The van der Waals surface area contributed by atoms with Gasteiger partial charge in [0.25, 0.3) is 0 Å². The van der Waals surface area contributed by atoms with Crippen molar-refractivity contribution in [3.63, 3.8) is 0 Å². The van der Waals surface area contributed by atoms with Crippen LogP contribution in [0.25, 0.3) is 0 Å². The van der Waals surface area contributed by atoms with Crippen molar-refractivity contribution in [2.45, 2.75) is 17.4 Å². The summed E-state index contributed by atoms with van der Waals surface area (Å²) in [5.41, 5.74) is 7.35. The van der Waals surface area contributed by atoms with Gasteiger partial charge in [-0.1, -0.05) is 23.9 Å². The smallest absolute Gasteiger partial charge is 0.150 e. The highest BCUT2D eigenvalue weighted by atomic mass is 32.2. The SMILES string of the molecule is Cc1csc(SCC(O)COc2ccccc2N)n1. The fourth-order valence-corrected chi connectivity index (χ4v) is 3.19. The molecule has 6 heteroatoms. The number of nitrogen functional groups attached to an aromatic ring is 1. The number of hydrogen-bond donors (Lipinski definition) is 2. The molecular weight excluding hydrogens is 280 g/mol. The number of aryl methyl sites for hydroxylation is 1. The molecule has 2 rings (SSSR count). The van der Waals surface area contributed by atoms with Crippen molar-refractivity contribution in [2.24, 2.45) is 0 Å². The molecule has 0 bridgehead atoms. The average Bonchev–Trinajstić information content (AvgIpc) is 2.81. The fraction of sp³-hybridized carbons (Fsp3) is 0.308. The van der Waals surface area contributed by atoms with Gasteiger partial charge in [0.1, 0.15) is 16.7 Å². The van der Waals surface area contributed by atoms with Crippen LogP contribution in [-0.4, -0.2) is 28.6 Å². The highest BCUT2D eigenvalue weighted by molar-refractivity contribution is 8.01. The van der Waals surface area contributed by atoms with Crippen molar-refractivity contribution in [3.05, 3.63) is 35.3 Å². The quantitative estimate of drug-likeness (QED) is 0.633. The first-order valence-electron chi connectivity index (χ1n) is 5.85. The zero-order valence-electron chi connectivity index (χ0n) is 10.6. The predicted molar refractivity (Wildman–Crippen MR) is 79.9 cm³/mol. The van der Waals surface area contributed by atoms with Gasteiger partial charge in [0.2, 0.25) is 0 Å². The minimum absolute atomic E-state index is 0.228. The van der Waals surface area contributed by atoms with Gasteiger partial charge < -0.3 is 15.6 Å². The summed E-state index contributed by atoms with van der Waals surface area (Å²) in [4.78, 5) is 4.32. The van der Waals surface area contributed by atoms with Crippen LogP contribution in [0.2, 0.25) is 0 Å². The maximum Gasteiger partial charge on any atom is 0.150 e. The first-order chi connectivity index (χ1) is 9.15. The molecule has 4 nitrogen and oxygen atoms in total. The summed E-state index contributed by atoms with van der Waals surface area (Å²) in [6.45, 7) is 2.18. The molecule has 3 N–H and O–H groups in total. The van der Waals surface area contributed by atoms with Gasteiger partial charge >= 0.3 is 0 Å². The lowest BCUT2D eigenvalue weighted by Crippen LogP contribution is -2.20. The number of benzene rings is 1. The largest absolute Gasteiger partial charge is 0.489 e. The fourth-order valence-electron chi connectivity index (χ4n) is 1.41. The molecule has 0 spiro atoms. The zero-order valence-corrected chi connectivity index (χ0v) is 12.2. The first-order valence-corrected chi connectivity index (χ1v) is 7.72. The Labute approximate surface area is 120 Å². The minimum Gasteiger partial charge on any atom is -0.489 e.